The van der Waals surface area contributed by atoms with Crippen molar-refractivity contribution in [3.63, 3.8) is 0 Å². The molecule has 7 rings (SSSR count). The minimum atomic E-state index is -3.93. The topological polar surface area (TPSA) is 295 Å². The molecule has 11 atom stereocenters. The first-order valence-electron chi connectivity index (χ1n) is 27.0. The number of allylic oxidation sites excluding steroid dienone is 3. The quantitative estimate of drug-likeness (QED) is 0.0462. The summed E-state index contributed by atoms with van der Waals surface area (Å²) >= 11 is 0. The molecule has 0 spiro atoms. The first-order valence-corrected chi connectivity index (χ1v) is 27.0. The van der Waals surface area contributed by atoms with Gasteiger partial charge >= 0.3 is 30.2 Å². The van der Waals surface area contributed by atoms with Crippen LogP contribution in [0.4, 0.5) is 33.6 Å². The molecule has 22 heteroatoms. The molecule has 5 fully saturated rings. The number of ether oxygens (including phenoxy) is 4. The van der Waals surface area contributed by atoms with Gasteiger partial charge in [-0.05, 0) is 168 Å². The zero-order valence-corrected chi connectivity index (χ0v) is 44.5. The summed E-state index contributed by atoms with van der Waals surface area (Å²) in [5.41, 5.74) is 13.4. The SMILES string of the molecule is C=C1/C(=C\C=C2/CCC[C@@]3(C)C2CCC3C(C)CCC(O)C2CC2)CCC[C@@H]1OC(=O)NC(C)(C)C(=O)NC(CCCNC(N)=O)C(=O)Nc1ccc(COC(=O)OCC2OC(N3C=C[C@H](N)NC3=O)C(F)(F)C2O)cc1. The summed E-state index contributed by atoms with van der Waals surface area (Å²) in [6.45, 7) is 11.1. The Morgan fingerprint density at radius 1 is 1.03 bits per heavy atom. The Balaban J connectivity index is 0.879. The molecule has 7 amide bonds. The second-order valence-electron chi connectivity index (χ2n) is 22.4. The zero-order chi connectivity index (χ0) is 55.8. The van der Waals surface area contributed by atoms with Crippen molar-refractivity contribution in [2.24, 2.45) is 40.6 Å². The number of urea groups is 2. The van der Waals surface area contributed by atoms with E-state index in [9.17, 15) is 47.8 Å². The molecule has 2 heterocycles. The van der Waals surface area contributed by atoms with E-state index < -0.39 is 90.9 Å². The third-order valence-corrected chi connectivity index (χ3v) is 16.4. The molecule has 4 aliphatic carbocycles. The van der Waals surface area contributed by atoms with Crippen LogP contribution in [0.2, 0.25) is 0 Å². The smallest absolute Gasteiger partial charge is 0.441 e. The van der Waals surface area contributed by atoms with E-state index in [-0.39, 0.29) is 37.5 Å². The Labute approximate surface area is 448 Å². The van der Waals surface area contributed by atoms with Crippen LogP contribution in [0.25, 0.3) is 0 Å². The van der Waals surface area contributed by atoms with E-state index in [1.807, 2.05) is 0 Å². The van der Waals surface area contributed by atoms with Crippen molar-refractivity contribution < 1.29 is 66.7 Å². The van der Waals surface area contributed by atoms with Gasteiger partial charge in [0.15, 0.2) is 6.10 Å². The van der Waals surface area contributed by atoms with Crippen molar-refractivity contribution in [1.29, 1.82) is 0 Å². The van der Waals surface area contributed by atoms with Gasteiger partial charge in [0.05, 0.1) is 12.3 Å². The molecule has 77 heavy (non-hydrogen) atoms. The summed E-state index contributed by atoms with van der Waals surface area (Å²) < 4.78 is 50.9. The molecule has 1 saturated heterocycles. The molecule has 0 aromatic heterocycles. The number of benzene rings is 1. The van der Waals surface area contributed by atoms with Crippen molar-refractivity contribution >= 4 is 41.8 Å². The molecule has 0 radical (unpaired) electrons. The molecule has 6 aliphatic rings. The first kappa shape index (κ1) is 58.6. The lowest BCUT2D eigenvalue weighted by molar-refractivity contribution is -0.145. The molecule has 8 unspecified atom stereocenters. The normalized spacial score (nSPS) is 29.2. The van der Waals surface area contributed by atoms with E-state index in [2.05, 4.69) is 59.2 Å². The zero-order valence-electron chi connectivity index (χ0n) is 44.5. The Hall–Kier alpha value is -6.10. The standard InChI is InChI=1S/C55H78F2N8O12/c1-31(13-24-41(66)36-18-19-36)38-22-23-39-35(10-7-26-54(38,39)5)17-16-34-9-6-12-42(32(34)2)77-51(72)64-53(3,4)47(69)62-40(11-8-27-60-49(59)70)46(68)61-37-20-14-33(15-21-37)29-74-52(73)75-30-43-45(67)55(56,57)48(76-43)65-28-25-44(58)63-50(65)71/h14-17,20-21,25,28,31,36,38-45,48,66-67H,2,6-13,18-19,22-24,26-27,29-30,58H2,1,3-5H3,(H,61,68)(H,62,69)(H,63,71)(H,64,72)(H3,59,60,70)/b34-16-,35-17+/t31?,38?,39?,40?,41?,42-,43?,44+,45?,48?,54+/m0/s1. The third kappa shape index (κ3) is 14.7. The summed E-state index contributed by atoms with van der Waals surface area (Å²) in [4.78, 5) is 77.5. The van der Waals surface area contributed by atoms with Crippen LogP contribution in [0, 0.1) is 29.1 Å². The minimum Gasteiger partial charge on any atom is -0.441 e. The lowest BCUT2D eigenvalue weighted by Crippen LogP contribution is -2.58. The highest BCUT2D eigenvalue weighted by Gasteiger charge is 2.62. The summed E-state index contributed by atoms with van der Waals surface area (Å²) in [7, 11) is 0. The van der Waals surface area contributed by atoms with Gasteiger partial charge < -0.3 is 67.2 Å². The number of carbonyl (C=O) groups is 6. The van der Waals surface area contributed by atoms with Crippen molar-refractivity contribution in [2.45, 2.75) is 179 Å². The number of nitrogens with one attached hydrogen (secondary N) is 5. The predicted molar refractivity (Wildman–Crippen MR) is 279 cm³/mol. The van der Waals surface area contributed by atoms with Crippen LogP contribution in [0.3, 0.4) is 0 Å². The number of rotatable bonds is 21. The number of nitrogens with two attached hydrogens (primary N) is 2. The van der Waals surface area contributed by atoms with E-state index in [1.54, 1.807) is 0 Å². The van der Waals surface area contributed by atoms with E-state index in [4.69, 9.17) is 30.4 Å². The molecule has 1 aromatic rings. The monoisotopic (exact) mass is 1080 g/mol. The highest BCUT2D eigenvalue weighted by atomic mass is 19.3. The maximum absolute atomic E-state index is 14.9. The fourth-order valence-corrected chi connectivity index (χ4v) is 11.8. The van der Waals surface area contributed by atoms with Crippen LogP contribution >= 0.6 is 0 Å². The van der Waals surface area contributed by atoms with Crippen molar-refractivity contribution in [1.82, 2.24) is 26.2 Å². The predicted octanol–water partition coefficient (Wildman–Crippen LogP) is 6.63. The Morgan fingerprint density at radius 3 is 2.47 bits per heavy atom. The molecule has 11 N–H and O–H groups in total. The molecular weight excluding hydrogens is 1000 g/mol. The molecule has 2 aliphatic heterocycles. The molecule has 20 nitrogen and oxygen atoms in total. The van der Waals surface area contributed by atoms with Gasteiger partial charge in [-0.2, -0.15) is 8.78 Å². The summed E-state index contributed by atoms with van der Waals surface area (Å²) in [5, 5.41) is 33.6. The lowest BCUT2D eigenvalue weighted by atomic mass is 9.60. The lowest BCUT2D eigenvalue weighted by Gasteiger charge is -2.44. The number of alkyl carbamates (subject to hydrolysis) is 1. The Kier molecular flexibility index (Phi) is 19.1. The van der Waals surface area contributed by atoms with Crippen LogP contribution in [0.5, 0.6) is 0 Å². The Morgan fingerprint density at radius 2 is 1.77 bits per heavy atom. The number of fused-ring (bicyclic) bond motifs is 1. The molecule has 424 valence electrons. The average molecular weight is 1080 g/mol. The van der Waals surface area contributed by atoms with Gasteiger partial charge in [-0.15, -0.1) is 0 Å². The number of nitrogens with zero attached hydrogens (tertiary/aromatic N) is 1. The highest BCUT2D eigenvalue weighted by molar-refractivity contribution is 5.99. The number of carbonyl (C=O) groups excluding carboxylic acids is 6. The van der Waals surface area contributed by atoms with Crippen LogP contribution in [-0.2, 0) is 35.1 Å². The minimum absolute atomic E-state index is 0.0607. The van der Waals surface area contributed by atoms with Gasteiger partial charge in [-0.1, -0.05) is 50.3 Å². The second-order valence-corrected chi connectivity index (χ2v) is 22.4. The van der Waals surface area contributed by atoms with Gasteiger partial charge in [-0.25, -0.2) is 19.2 Å². The number of aliphatic hydroxyl groups is 2. The van der Waals surface area contributed by atoms with Gasteiger partial charge in [0.25, 0.3) is 0 Å². The third-order valence-electron chi connectivity index (χ3n) is 16.4. The fourth-order valence-electron chi connectivity index (χ4n) is 11.8. The van der Waals surface area contributed by atoms with Gasteiger partial charge in [0.2, 0.25) is 18.0 Å². The maximum atomic E-state index is 14.9. The number of anilines is 1. The van der Waals surface area contributed by atoms with E-state index in [0.717, 1.165) is 68.7 Å². The maximum Gasteiger partial charge on any atom is 0.508 e. The van der Waals surface area contributed by atoms with Crippen LogP contribution < -0.4 is 38.1 Å². The molecule has 0 bridgehead atoms. The van der Waals surface area contributed by atoms with Crippen LogP contribution in [-0.4, -0.2) is 119 Å². The van der Waals surface area contributed by atoms with E-state index in [0.29, 0.717) is 46.2 Å². The highest BCUT2D eigenvalue weighted by Crippen LogP contribution is 2.60. The second kappa shape index (κ2) is 25.1. The number of alkyl halides is 2. The number of amides is 7. The van der Waals surface area contributed by atoms with E-state index >= 15 is 0 Å². The van der Waals surface area contributed by atoms with Gasteiger partial charge in [-0.3, -0.25) is 14.5 Å². The first-order chi connectivity index (χ1) is 36.5. The largest absolute Gasteiger partial charge is 0.508 e. The molecule has 4 saturated carbocycles. The number of halogens is 2. The molecule has 1 aromatic carbocycles. The number of aliphatic hydroxyl groups excluding tert-OH is 2. The van der Waals surface area contributed by atoms with Gasteiger partial charge in [0, 0.05) is 18.4 Å². The number of hydrogen-bond donors (Lipinski definition) is 9. The van der Waals surface area contributed by atoms with Gasteiger partial charge in [0.1, 0.15) is 37.0 Å². The van der Waals surface area contributed by atoms with E-state index in [1.165, 1.54) is 69.0 Å². The summed E-state index contributed by atoms with van der Waals surface area (Å²) in [6.07, 6.45) is 9.12. The number of primary amides is 1. The summed E-state index contributed by atoms with van der Waals surface area (Å²) in [6, 6.07) is 3.15. The van der Waals surface area contributed by atoms with Crippen molar-refractivity contribution in [2.75, 3.05) is 18.5 Å². The Bertz CT molecular complexity index is 2430. The average Bonchev–Trinajstić information content (AvgIpc) is 4.16. The van der Waals surface area contributed by atoms with Crippen LogP contribution in [0.15, 0.2) is 72.0 Å². The van der Waals surface area contributed by atoms with Crippen molar-refractivity contribution in [3.8, 4) is 0 Å². The molecular formula is C55H78F2N8O12. The van der Waals surface area contributed by atoms with Crippen LogP contribution in [0.1, 0.15) is 123 Å². The number of hydrogen-bond acceptors (Lipinski definition) is 13. The van der Waals surface area contributed by atoms with Crippen molar-refractivity contribution in [3.05, 3.63) is 77.6 Å². The fraction of sp³-hybridized carbons (Fsp3) is 0.636. The summed E-state index contributed by atoms with van der Waals surface area (Å²) in [5.74, 6) is -3.03.